The molecule has 1 aromatic rings. The second-order valence-corrected chi connectivity index (χ2v) is 7.72. The van der Waals surface area contributed by atoms with Gasteiger partial charge in [0.15, 0.2) is 11.5 Å². The van der Waals surface area contributed by atoms with Gasteiger partial charge in [0.1, 0.15) is 22.7 Å². The predicted octanol–water partition coefficient (Wildman–Crippen LogP) is 3.19. The quantitative estimate of drug-likeness (QED) is 0.488. The van der Waals surface area contributed by atoms with Gasteiger partial charge in [-0.1, -0.05) is 13.8 Å². The molecule has 0 amide bonds. The largest absolute Gasteiger partial charge is 0.506 e. The summed E-state index contributed by atoms with van der Waals surface area (Å²) in [5.74, 6) is -1.73. The van der Waals surface area contributed by atoms with Gasteiger partial charge in [0.05, 0.1) is 18.1 Å². The lowest BCUT2D eigenvalue weighted by atomic mass is 9.83. The number of hydrogen-bond acceptors (Lipinski definition) is 6. The molecular formula is C20H24O6. The minimum atomic E-state index is -0.906. The minimum absolute atomic E-state index is 0.0496. The molecule has 2 aliphatic heterocycles. The number of ketones is 1. The van der Waals surface area contributed by atoms with E-state index in [0.717, 1.165) is 0 Å². The smallest absolute Gasteiger partial charge is 0.311 e. The number of Topliss-reactive ketones (excluding diaryl/α,β-unsaturated/α-hetero) is 1. The first-order valence-electron chi connectivity index (χ1n) is 8.77. The first-order valence-corrected chi connectivity index (χ1v) is 8.77. The molecule has 6 heteroatoms. The Morgan fingerprint density at radius 2 is 1.96 bits per heavy atom. The van der Waals surface area contributed by atoms with Gasteiger partial charge in [0, 0.05) is 11.5 Å². The van der Waals surface area contributed by atoms with Crippen molar-refractivity contribution in [2.45, 2.75) is 58.7 Å². The van der Waals surface area contributed by atoms with Crippen molar-refractivity contribution in [1.82, 2.24) is 0 Å². The Morgan fingerprint density at radius 3 is 2.58 bits per heavy atom. The summed E-state index contributed by atoms with van der Waals surface area (Å²) < 4.78 is 11.4. The molecule has 0 unspecified atom stereocenters. The SMILES string of the molecule is C[C@@H]1CC(=O)Oc2c(C(=O)[C@H](C)[C@H](C)O)c(O)c3c(c21)OC(C)(C)C=C3. The molecule has 2 aliphatic rings. The number of esters is 1. The molecule has 26 heavy (non-hydrogen) atoms. The van der Waals surface area contributed by atoms with Crippen LogP contribution in [0.25, 0.3) is 6.08 Å². The number of carbonyl (C=O) groups excluding carboxylic acids is 2. The second kappa shape index (κ2) is 6.13. The Kier molecular flexibility index (Phi) is 4.35. The summed E-state index contributed by atoms with van der Waals surface area (Å²) in [6, 6.07) is 0. The van der Waals surface area contributed by atoms with Gasteiger partial charge < -0.3 is 19.7 Å². The molecule has 140 valence electrons. The van der Waals surface area contributed by atoms with Crippen molar-refractivity contribution in [2.75, 3.05) is 0 Å². The Hall–Kier alpha value is -2.34. The molecule has 6 nitrogen and oxygen atoms in total. The summed E-state index contributed by atoms with van der Waals surface area (Å²) in [4.78, 5) is 24.9. The van der Waals surface area contributed by atoms with Crippen LogP contribution in [0.15, 0.2) is 6.08 Å². The van der Waals surface area contributed by atoms with E-state index in [1.54, 1.807) is 19.1 Å². The van der Waals surface area contributed by atoms with Gasteiger partial charge in [0.2, 0.25) is 0 Å². The van der Waals surface area contributed by atoms with E-state index >= 15 is 0 Å². The summed E-state index contributed by atoms with van der Waals surface area (Å²) in [5, 5.41) is 20.6. The highest BCUT2D eigenvalue weighted by atomic mass is 16.5. The van der Waals surface area contributed by atoms with Gasteiger partial charge in [-0.2, -0.15) is 0 Å². The van der Waals surface area contributed by atoms with Gasteiger partial charge in [0.25, 0.3) is 0 Å². The zero-order valence-electron chi connectivity index (χ0n) is 15.6. The topological polar surface area (TPSA) is 93.1 Å². The number of phenolic OH excluding ortho intramolecular Hbond substituents is 1. The van der Waals surface area contributed by atoms with E-state index in [2.05, 4.69) is 0 Å². The van der Waals surface area contributed by atoms with Crippen molar-refractivity contribution in [1.29, 1.82) is 0 Å². The Balaban J connectivity index is 2.31. The molecule has 0 saturated carbocycles. The van der Waals surface area contributed by atoms with Crippen molar-refractivity contribution in [3.63, 3.8) is 0 Å². The average Bonchev–Trinajstić information content (AvgIpc) is 2.52. The van der Waals surface area contributed by atoms with Crippen molar-refractivity contribution in [3.05, 3.63) is 22.8 Å². The number of ether oxygens (including phenoxy) is 2. The van der Waals surface area contributed by atoms with E-state index in [4.69, 9.17) is 9.47 Å². The molecule has 0 fully saturated rings. The van der Waals surface area contributed by atoms with Gasteiger partial charge in [-0.15, -0.1) is 0 Å². The number of carbonyl (C=O) groups is 2. The first-order chi connectivity index (χ1) is 12.0. The maximum atomic E-state index is 12.9. The predicted molar refractivity (Wildman–Crippen MR) is 95.7 cm³/mol. The van der Waals surface area contributed by atoms with E-state index in [1.807, 2.05) is 20.8 Å². The number of aromatic hydroxyl groups is 1. The number of benzene rings is 1. The van der Waals surface area contributed by atoms with Gasteiger partial charge in [-0.05, 0) is 38.8 Å². The summed E-state index contributed by atoms with van der Waals surface area (Å²) >= 11 is 0. The fraction of sp³-hybridized carbons (Fsp3) is 0.500. The zero-order chi connectivity index (χ0) is 19.4. The van der Waals surface area contributed by atoms with Crippen LogP contribution in [0.5, 0.6) is 17.2 Å². The van der Waals surface area contributed by atoms with Gasteiger partial charge in [-0.25, -0.2) is 0 Å². The number of rotatable bonds is 3. The molecule has 0 aliphatic carbocycles. The fourth-order valence-corrected chi connectivity index (χ4v) is 3.31. The van der Waals surface area contributed by atoms with Crippen LogP contribution in [0, 0.1) is 5.92 Å². The first kappa shape index (κ1) is 18.5. The third-order valence-corrected chi connectivity index (χ3v) is 5.03. The summed E-state index contributed by atoms with van der Waals surface area (Å²) in [5.41, 5.74) is 0.345. The average molecular weight is 360 g/mol. The number of aliphatic hydroxyl groups excluding tert-OH is 1. The number of aliphatic hydroxyl groups is 1. The third-order valence-electron chi connectivity index (χ3n) is 5.03. The standard InChI is InChI=1S/C20H24O6/c1-9-8-13(22)25-19-14(9)18-12(6-7-20(4,5)26-18)17(24)15(19)16(23)10(2)11(3)21/h6-7,9-11,21,24H,8H2,1-5H3/t9-,10-,11+/m1/s1. The van der Waals surface area contributed by atoms with Gasteiger partial charge in [-0.3, -0.25) is 9.59 Å². The lowest BCUT2D eigenvalue weighted by Gasteiger charge is -2.34. The molecule has 3 rings (SSSR count). The van der Waals surface area contributed by atoms with Gasteiger partial charge >= 0.3 is 5.97 Å². The Morgan fingerprint density at radius 1 is 1.31 bits per heavy atom. The van der Waals surface area contributed by atoms with Crippen LogP contribution < -0.4 is 9.47 Å². The summed E-state index contributed by atoms with van der Waals surface area (Å²) in [7, 11) is 0. The van der Waals surface area contributed by atoms with Crippen molar-refractivity contribution in [2.24, 2.45) is 5.92 Å². The number of fused-ring (bicyclic) bond motifs is 3. The van der Waals surface area contributed by atoms with Crippen molar-refractivity contribution in [3.8, 4) is 17.2 Å². The Labute approximate surface area is 152 Å². The monoisotopic (exact) mass is 360 g/mol. The van der Waals surface area contributed by atoms with Crippen LogP contribution in [0.1, 0.15) is 68.4 Å². The summed E-state index contributed by atoms with van der Waals surface area (Å²) in [6.07, 6.45) is 2.78. The molecule has 2 heterocycles. The second-order valence-electron chi connectivity index (χ2n) is 7.72. The van der Waals surface area contributed by atoms with E-state index in [-0.39, 0.29) is 29.4 Å². The number of phenols is 1. The van der Waals surface area contributed by atoms with Crippen LogP contribution in [0.3, 0.4) is 0 Å². The molecule has 0 aromatic heterocycles. The molecule has 0 bridgehead atoms. The Bertz CT molecular complexity index is 818. The highest BCUT2D eigenvalue weighted by Gasteiger charge is 2.40. The minimum Gasteiger partial charge on any atom is -0.506 e. The molecule has 3 atom stereocenters. The van der Waals surface area contributed by atoms with Crippen LogP contribution >= 0.6 is 0 Å². The van der Waals surface area contributed by atoms with E-state index in [1.165, 1.54) is 6.92 Å². The van der Waals surface area contributed by atoms with E-state index < -0.39 is 29.4 Å². The molecule has 0 spiro atoms. The van der Waals surface area contributed by atoms with Crippen LogP contribution in [-0.2, 0) is 4.79 Å². The van der Waals surface area contributed by atoms with E-state index in [9.17, 15) is 19.8 Å². The number of hydrogen-bond donors (Lipinski definition) is 2. The van der Waals surface area contributed by atoms with Crippen LogP contribution in [0.2, 0.25) is 0 Å². The molecule has 0 saturated heterocycles. The molecule has 0 radical (unpaired) electrons. The maximum Gasteiger partial charge on any atom is 0.311 e. The zero-order valence-corrected chi connectivity index (χ0v) is 15.6. The third kappa shape index (κ3) is 2.88. The normalized spacial score (nSPS) is 22.5. The molecular weight excluding hydrogens is 336 g/mol. The van der Waals surface area contributed by atoms with Crippen molar-refractivity contribution >= 4 is 17.8 Å². The fourth-order valence-electron chi connectivity index (χ4n) is 3.31. The van der Waals surface area contributed by atoms with Crippen molar-refractivity contribution < 1.29 is 29.3 Å². The molecule has 2 N–H and O–H groups in total. The lowest BCUT2D eigenvalue weighted by Crippen LogP contribution is -2.31. The highest BCUT2D eigenvalue weighted by Crippen LogP contribution is 2.52. The lowest BCUT2D eigenvalue weighted by molar-refractivity contribution is -0.135. The highest BCUT2D eigenvalue weighted by molar-refractivity contribution is 6.06. The maximum absolute atomic E-state index is 12.9. The summed E-state index contributed by atoms with van der Waals surface area (Å²) in [6.45, 7) is 8.69. The van der Waals surface area contributed by atoms with E-state index in [0.29, 0.717) is 16.9 Å². The van der Waals surface area contributed by atoms with Crippen LogP contribution in [0.4, 0.5) is 0 Å². The molecule has 1 aromatic carbocycles. The van der Waals surface area contributed by atoms with Crippen LogP contribution in [-0.4, -0.2) is 33.7 Å².